The summed E-state index contributed by atoms with van der Waals surface area (Å²) >= 11 is 0. The first-order valence-electron chi connectivity index (χ1n) is 4.30. The smallest absolute Gasteiger partial charge is 0.0198 e. The van der Waals surface area contributed by atoms with E-state index in [4.69, 9.17) is 0 Å². The average Bonchev–Trinajstić information content (AvgIpc) is 2.06. The molecule has 0 heterocycles. The second-order valence-electron chi connectivity index (χ2n) is 5.04. The molecule has 2 bridgehead atoms. The van der Waals surface area contributed by atoms with E-state index in [0.717, 1.165) is 16.7 Å². The quantitative estimate of drug-likeness (QED) is 0.459. The second-order valence-corrected chi connectivity index (χ2v) is 5.04. The van der Waals surface area contributed by atoms with Gasteiger partial charge in [0.2, 0.25) is 0 Å². The minimum absolute atomic E-state index is 0.976. The summed E-state index contributed by atoms with van der Waals surface area (Å²) in [5, 5.41) is 0. The van der Waals surface area contributed by atoms with Crippen LogP contribution >= 0.6 is 0 Å². The summed E-state index contributed by atoms with van der Waals surface area (Å²) in [5.74, 6) is 3.66. The predicted octanol–water partition coefficient (Wildman–Crippen LogP) is 2.05. The van der Waals surface area contributed by atoms with Crippen LogP contribution in [0, 0.1) is 28.6 Å². The summed E-state index contributed by atoms with van der Waals surface area (Å²) in [6, 6.07) is 0. The van der Waals surface area contributed by atoms with Crippen molar-refractivity contribution in [3.05, 3.63) is 0 Å². The summed E-state index contributed by atoms with van der Waals surface area (Å²) in [6.45, 7) is 2.49. The van der Waals surface area contributed by atoms with Crippen molar-refractivity contribution in [2.45, 2.75) is 26.2 Å². The van der Waals surface area contributed by atoms with Gasteiger partial charge in [-0.2, -0.15) is 0 Å². The van der Waals surface area contributed by atoms with Gasteiger partial charge in [0.05, 0.1) is 0 Å². The molecule has 5 fully saturated rings. The van der Waals surface area contributed by atoms with Crippen LogP contribution in [0.4, 0.5) is 0 Å². The lowest BCUT2D eigenvalue weighted by atomic mass is 9.64. The van der Waals surface area contributed by atoms with E-state index in [0.29, 0.717) is 0 Å². The van der Waals surface area contributed by atoms with Gasteiger partial charge in [0.1, 0.15) is 0 Å². The van der Waals surface area contributed by atoms with E-state index in [1.807, 2.05) is 0 Å². The third-order valence-electron chi connectivity index (χ3n) is 5.14. The van der Waals surface area contributed by atoms with Crippen molar-refractivity contribution in [2.75, 3.05) is 0 Å². The fourth-order valence-electron chi connectivity index (χ4n) is 5.08. The fourth-order valence-corrected chi connectivity index (χ4v) is 5.08. The summed E-state index contributed by atoms with van der Waals surface area (Å²) < 4.78 is 0. The number of fused-ring (bicyclic) bond motifs is 1. The third-order valence-corrected chi connectivity index (χ3v) is 5.14. The predicted molar refractivity (Wildman–Crippen MR) is 34.9 cm³/mol. The zero-order chi connectivity index (χ0) is 5.85. The standard InChI is InChI=1S/C9H12/c1-5-2-8-3-6-7(8)9(5,6)4-8/h5-7H,2-4H2,1H3. The van der Waals surface area contributed by atoms with Gasteiger partial charge in [-0.25, -0.2) is 0 Å². The van der Waals surface area contributed by atoms with E-state index in [1.54, 1.807) is 19.3 Å². The van der Waals surface area contributed by atoms with Crippen LogP contribution in [0.15, 0.2) is 0 Å². The van der Waals surface area contributed by atoms with Gasteiger partial charge in [0.25, 0.3) is 0 Å². The molecule has 0 amide bonds. The largest absolute Gasteiger partial charge is 0.0619 e. The molecule has 0 nitrogen and oxygen atoms in total. The zero-order valence-corrected chi connectivity index (χ0v) is 5.85. The van der Waals surface area contributed by atoms with Crippen molar-refractivity contribution >= 4 is 0 Å². The minimum Gasteiger partial charge on any atom is -0.0619 e. The lowest BCUT2D eigenvalue weighted by Crippen LogP contribution is -2.32. The van der Waals surface area contributed by atoms with Crippen molar-refractivity contribution in [3.63, 3.8) is 0 Å². The molecule has 0 aliphatic heterocycles. The highest BCUT2D eigenvalue weighted by Crippen LogP contribution is 3.00. The minimum atomic E-state index is 0.976. The van der Waals surface area contributed by atoms with Gasteiger partial charge < -0.3 is 0 Å². The Balaban J connectivity index is 2.03. The Hall–Kier alpha value is 0. The molecule has 0 aromatic carbocycles. The van der Waals surface area contributed by atoms with Crippen molar-refractivity contribution in [1.29, 1.82) is 0 Å². The molecule has 5 atom stereocenters. The Morgan fingerprint density at radius 1 is 1.33 bits per heavy atom. The molecule has 9 heavy (non-hydrogen) atoms. The van der Waals surface area contributed by atoms with Crippen LogP contribution in [0.3, 0.4) is 0 Å². The molecule has 2 spiro atoms. The van der Waals surface area contributed by atoms with E-state index in [9.17, 15) is 0 Å². The maximum Gasteiger partial charge on any atom is -0.0198 e. The van der Waals surface area contributed by atoms with Gasteiger partial charge in [0, 0.05) is 0 Å². The van der Waals surface area contributed by atoms with Gasteiger partial charge >= 0.3 is 0 Å². The fraction of sp³-hybridized carbons (Fsp3) is 1.00. The molecule has 0 radical (unpaired) electrons. The van der Waals surface area contributed by atoms with Crippen molar-refractivity contribution in [3.8, 4) is 0 Å². The number of hydrogen-bond acceptors (Lipinski definition) is 0. The number of hydrogen-bond donors (Lipinski definition) is 0. The molecule has 0 heteroatoms. The highest BCUT2D eigenvalue weighted by Gasteiger charge is 2.94. The zero-order valence-electron chi connectivity index (χ0n) is 5.85. The molecule has 0 N–H and O–H groups in total. The van der Waals surface area contributed by atoms with Gasteiger partial charge in [0.15, 0.2) is 0 Å². The van der Waals surface area contributed by atoms with Crippen LogP contribution in [0.5, 0.6) is 0 Å². The van der Waals surface area contributed by atoms with Crippen molar-refractivity contribution in [2.24, 2.45) is 28.6 Å². The Morgan fingerprint density at radius 3 is 2.44 bits per heavy atom. The summed E-state index contributed by atoms with van der Waals surface area (Å²) in [6.07, 6.45) is 4.90. The highest BCUT2D eigenvalue weighted by atomic mass is 15.0. The van der Waals surface area contributed by atoms with Crippen LogP contribution < -0.4 is 0 Å². The highest BCUT2D eigenvalue weighted by molar-refractivity contribution is 5.42. The van der Waals surface area contributed by atoms with Crippen LogP contribution in [0.1, 0.15) is 26.2 Å². The molecule has 0 saturated heterocycles. The summed E-state index contributed by atoms with van der Waals surface area (Å²) in [5.41, 5.74) is 1.96. The summed E-state index contributed by atoms with van der Waals surface area (Å²) in [4.78, 5) is 0. The first kappa shape index (κ1) is 4.00. The van der Waals surface area contributed by atoms with E-state index in [2.05, 4.69) is 6.92 Å². The monoisotopic (exact) mass is 120 g/mol. The van der Waals surface area contributed by atoms with E-state index in [1.165, 1.54) is 11.8 Å². The first-order chi connectivity index (χ1) is 4.30. The Labute approximate surface area is 55.6 Å². The van der Waals surface area contributed by atoms with E-state index in [-0.39, 0.29) is 0 Å². The molecule has 5 saturated carbocycles. The van der Waals surface area contributed by atoms with Crippen LogP contribution in [-0.2, 0) is 0 Å². The molecule has 0 aromatic heterocycles. The Morgan fingerprint density at radius 2 is 2.22 bits per heavy atom. The van der Waals surface area contributed by atoms with Crippen LogP contribution in [-0.4, -0.2) is 0 Å². The van der Waals surface area contributed by atoms with E-state index >= 15 is 0 Å². The third kappa shape index (κ3) is 0.163. The second kappa shape index (κ2) is 0.681. The molecule has 5 aliphatic rings. The molecule has 0 aromatic rings. The molecular weight excluding hydrogens is 108 g/mol. The average molecular weight is 120 g/mol. The van der Waals surface area contributed by atoms with Gasteiger partial charge in [-0.05, 0) is 47.8 Å². The first-order valence-corrected chi connectivity index (χ1v) is 4.30. The summed E-state index contributed by atoms with van der Waals surface area (Å²) in [7, 11) is 0. The Kier molecular flexibility index (Phi) is 0.302. The van der Waals surface area contributed by atoms with Gasteiger partial charge in [-0.15, -0.1) is 0 Å². The van der Waals surface area contributed by atoms with E-state index < -0.39 is 0 Å². The topological polar surface area (TPSA) is 0 Å². The molecule has 5 unspecified atom stereocenters. The van der Waals surface area contributed by atoms with Gasteiger partial charge in [-0.1, -0.05) is 6.92 Å². The maximum absolute atomic E-state index is 2.49. The maximum atomic E-state index is 2.49. The molecule has 48 valence electrons. The van der Waals surface area contributed by atoms with Crippen LogP contribution in [0.25, 0.3) is 0 Å². The number of rotatable bonds is 0. The van der Waals surface area contributed by atoms with Crippen LogP contribution in [0.2, 0.25) is 0 Å². The SMILES string of the molecule is CC1CC23CC4C2C14C3. The Bertz CT molecular complexity index is 212. The molecular formula is C9H12. The molecule has 5 rings (SSSR count). The lowest BCUT2D eigenvalue weighted by molar-refractivity contribution is 0.0881. The van der Waals surface area contributed by atoms with Crippen molar-refractivity contribution < 1.29 is 0 Å². The van der Waals surface area contributed by atoms with Gasteiger partial charge in [-0.3, -0.25) is 0 Å². The lowest BCUT2D eigenvalue weighted by Gasteiger charge is -2.40. The van der Waals surface area contributed by atoms with Crippen molar-refractivity contribution in [1.82, 2.24) is 0 Å². The molecule has 5 aliphatic carbocycles. The normalized spacial score (nSPS) is 87.0.